The zero-order valence-electron chi connectivity index (χ0n) is 14.4. The maximum atomic E-state index is 13.1. The molecule has 136 valence electrons. The summed E-state index contributed by atoms with van der Waals surface area (Å²) in [4.78, 5) is 21.3. The number of hydrazine groups is 1. The van der Waals surface area contributed by atoms with E-state index in [9.17, 15) is 9.18 Å². The van der Waals surface area contributed by atoms with Crippen LogP contribution in [0.15, 0.2) is 48.7 Å². The Hall–Kier alpha value is -2.51. The summed E-state index contributed by atoms with van der Waals surface area (Å²) < 4.78 is 13.1. The van der Waals surface area contributed by atoms with Gasteiger partial charge in [-0.2, -0.15) is 0 Å². The summed E-state index contributed by atoms with van der Waals surface area (Å²) in [7, 11) is 0. The molecule has 0 saturated carbocycles. The summed E-state index contributed by atoms with van der Waals surface area (Å²) in [6.45, 7) is 2.94. The second-order valence-electron chi connectivity index (χ2n) is 6.68. The predicted octanol–water partition coefficient (Wildman–Crippen LogP) is 1.48. The zero-order chi connectivity index (χ0) is 17.9. The monoisotopic (exact) mass is 355 g/mol. The van der Waals surface area contributed by atoms with Crippen LogP contribution in [0.2, 0.25) is 0 Å². The Morgan fingerprint density at radius 1 is 1.04 bits per heavy atom. The van der Waals surface area contributed by atoms with E-state index in [0.717, 1.165) is 24.5 Å². The van der Waals surface area contributed by atoms with E-state index in [-0.39, 0.29) is 23.8 Å². The minimum absolute atomic E-state index is 0.0133. The number of anilines is 1. The van der Waals surface area contributed by atoms with Gasteiger partial charge in [-0.25, -0.2) is 20.2 Å². The molecular formula is C19H22FN5O. The molecule has 1 aromatic carbocycles. The highest BCUT2D eigenvalue weighted by molar-refractivity contribution is 5.82. The fourth-order valence-corrected chi connectivity index (χ4v) is 3.55. The van der Waals surface area contributed by atoms with Crippen molar-refractivity contribution in [3.8, 4) is 0 Å². The van der Waals surface area contributed by atoms with E-state index >= 15 is 0 Å². The van der Waals surface area contributed by atoms with E-state index < -0.39 is 0 Å². The Balaban J connectivity index is 1.32. The van der Waals surface area contributed by atoms with Crippen LogP contribution in [0, 0.1) is 5.82 Å². The van der Waals surface area contributed by atoms with Gasteiger partial charge < -0.3 is 9.80 Å². The maximum absolute atomic E-state index is 13.1. The molecular weight excluding hydrogens is 333 g/mol. The molecule has 2 unspecified atom stereocenters. The number of rotatable bonds is 3. The second-order valence-corrected chi connectivity index (χ2v) is 6.68. The van der Waals surface area contributed by atoms with Gasteiger partial charge in [-0.3, -0.25) is 4.79 Å². The van der Waals surface area contributed by atoms with Crippen molar-refractivity contribution in [2.45, 2.75) is 18.5 Å². The molecule has 3 heterocycles. The van der Waals surface area contributed by atoms with Gasteiger partial charge in [0.25, 0.3) is 0 Å². The average molecular weight is 355 g/mol. The number of hydrogen-bond acceptors (Lipinski definition) is 5. The summed E-state index contributed by atoms with van der Waals surface area (Å²) >= 11 is 0. The van der Waals surface area contributed by atoms with E-state index in [0.29, 0.717) is 19.5 Å². The molecule has 1 amide bonds. The molecule has 7 heteroatoms. The molecule has 0 bridgehead atoms. The molecule has 2 aliphatic heterocycles. The van der Waals surface area contributed by atoms with Crippen molar-refractivity contribution in [1.82, 2.24) is 20.7 Å². The largest absolute Gasteiger partial charge is 0.353 e. The Morgan fingerprint density at radius 3 is 2.50 bits per heavy atom. The van der Waals surface area contributed by atoms with Gasteiger partial charge in [0.15, 0.2) is 0 Å². The first-order valence-corrected chi connectivity index (χ1v) is 8.92. The Bertz CT molecular complexity index is 746. The van der Waals surface area contributed by atoms with Crippen LogP contribution in [0.4, 0.5) is 10.2 Å². The standard InChI is InChI=1S/C19H22FN5O/c20-15-6-4-14(5-7-15)16-13-17(23-22-16)19(26)25-11-9-24(10-12-25)18-3-1-2-8-21-18/h1-8,16-17,22-23H,9-13H2. The third-order valence-corrected chi connectivity index (χ3v) is 5.04. The van der Waals surface area contributed by atoms with E-state index in [4.69, 9.17) is 0 Å². The Kier molecular flexibility index (Phi) is 4.81. The summed E-state index contributed by atoms with van der Waals surface area (Å²) in [6, 6.07) is 12.0. The van der Waals surface area contributed by atoms with E-state index in [1.807, 2.05) is 23.1 Å². The number of hydrogen-bond donors (Lipinski definition) is 2. The first kappa shape index (κ1) is 16.9. The molecule has 6 nitrogen and oxygen atoms in total. The molecule has 2 atom stereocenters. The Labute approximate surface area is 152 Å². The first-order valence-electron chi connectivity index (χ1n) is 8.92. The van der Waals surface area contributed by atoms with Crippen molar-refractivity contribution in [2.24, 2.45) is 0 Å². The van der Waals surface area contributed by atoms with Crippen LogP contribution in [0.25, 0.3) is 0 Å². The quantitative estimate of drug-likeness (QED) is 0.873. The summed E-state index contributed by atoms with van der Waals surface area (Å²) in [5.41, 5.74) is 7.24. The number of benzene rings is 1. The lowest BCUT2D eigenvalue weighted by molar-refractivity contribution is -0.133. The highest BCUT2D eigenvalue weighted by Crippen LogP contribution is 2.24. The van der Waals surface area contributed by atoms with Crippen molar-refractivity contribution < 1.29 is 9.18 Å². The third-order valence-electron chi connectivity index (χ3n) is 5.04. The van der Waals surface area contributed by atoms with Crippen LogP contribution in [0.3, 0.4) is 0 Å². The van der Waals surface area contributed by atoms with Crippen LogP contribution < -0.4 is 15.8 Å². The van der Waals surface area contributed by atoms with Crippen LogP contribution in [-0.4, -0.2) is 48.0 Å². The molecule has 2 fully saturated rings. The number of nitrogens with one attached hydrogen (secondary N) is 2. The number of aromatic nitrogens is 1. The number of carbonyl (C=O) groups excluding carboxylic acids is 1. The molecule has 0 spiro atoms. The van der Waals surface area contributed by atoms with Crippen LogP contribution >= 0.6 is 0 Å². The summed E-state index contributed by atoms with van der Waals surface area (Å²) in [6.07, 6.45) is 2.45. The van der Waals surface area contributed by atoms with E-state index in [1.54, 1.807) is 18.3 Å². The van der Waals surface area contributed by atoms with Crippen LogP contribution in [-0.2, 0) is 4.79 Å². The van der Waals surface area contributed by atoms with Crippen LogP contribution in [0.1, 0.15) is 18.0 Å². The molecule has 2 saturated heterocycles. The minimum atomic E-state index is -0.258. The molecule has 1 aromatic heterocycles. The van der Waals surface area contributed by atoms with Crippen molar-refractivity contribution in [3.63, 3.8) is 0 Å². The van der Waals surface area contributed by atoms with E-state index in [1.165, 1.54) is 12.1 Å². The second kappa shape index (κ2) is 7.39. The Morgan fingerprint density at radius 2 is 1.81 bits per heavy atom. The topological polar surface area (TPSA) is 60.5 Å². The summed E-state index contributed by atoms with van der Waals surface area (Å²) in [5, 5.41) is 0. The normalized spacial score (nSPS) is 23.3. The van der Waals surface area contributed by atoms with Gasteiger partial charge in [-0.05, 0) is 36.2 Å². The number of pyridine rings is 1. The van der Waals surface area contributed by atoms with Crippen LogP contribution in [0.5, 0.6) is 0 Å². The lowest BCUT2D eigenvalue weighted by atomic mass is 10.0. The van der Waals surface area contributed by atoms with Crippen molar-refractivity contribution in [1.29, 1.82) is 0 Å². The number of amides is 1. The van der Waals surface area contributed by atoms with Gasteiger partial charge in [0.1, 0.15) is 17.7 Å². The lowest BCUT2D eigenvalue weighted by Gasteiger charge is -2.36. The molecule has 0 radical (unpaired) electrons. The van der Waals surface area contributed by atoms with Gasteiger partial charge in [-0.1, -0.05) is 18.2 Å². The van der Waals surface area contributed by atoms with Gasteiger partial charge in [0.2, 0.25) is 5.91 Å². The molecule has 2 N–H and O–H groups in total. The zero-order valence-corrected chi connectivity index (χ0v) is 14.4. The van der Waals surface area contributed by atoms with Crippen molar-refractivity contribution in [3.05, 3.63) is 60.0 Å². The number of halogens is 1. The number of piperazine rings is 1. The highest BCUT2D eigenvalue weighted by Gasteiger charge is 2.34. The fourth-order valence-electron chi connectivity index (χ4n) is 3.55. The first-order chi connectivity index (χ1) is 12.7. The highest BCUT2D eigenvalue weighted by atomic mass is 19.1. The van der Waals surface area contributed by atoms with E-state index in [2.05, 4.69) is 20.7 Å². The fraction of sp³-hybridized carbons (Fsp3) is 0.368. The van der Waals surface area contributed by atoms with Gasteiger partial charge >= 0.3 is 0 Å². The van der Waals surface area contributed by atoms with Crippen molar-refractivity contribution in [2.75, 3.05) is 31.1 Å². The average Bonchev–Trinajstić information content (AvgIpc) is 3.19. The van der Waals surface area contributed by atoms with Gasteiger partial charge in [-0.15, -0.1) is 0 Å². The SMILES string of the molecule is O=C(C1CC(c2ccc(F)cc2)NN1)N1CCN(c2ccccn2)CC1. The molecule has 26 heavy (non-hydrogen) atoms. The molecule has 2 aliphatic rings. The molecule has 0 aliphatic carbocycles. The predicted molar refractivity (Wildman–Crippen MR) is 96.8 cm³/mol. The third kappa shape index (κ3) is 3.54. The van der Waals surface area contributed by atoms with Gasteiger partial charge in [0.05, 0.1) is 0 Å². The van der Waals surface area contributed by atoms with Gasteiger partial charge in [0, 0.05) is 38.4 Å². The lowest BCUT2D eigenvalue weighted by Crippen LogP contribution is -2.53. The molecule has 2 aromatic rings. The molecule has 4 rings (SSSR count). The number of nitrogens with zero attached hydrogens (tertiary/aromatic N) is 3. The minimum Gasteiger partial charge on any atom is -0.353 e. The summed E-state index contributed by atoms with van der Waals surface area (Å²) in [5.74, 6) is 0.817. The number of carbonyl (C=O) groups is 1. The smallest absolute Gasteiger partial charge is 0.241 e. The maximum Gasteiger partial charge on any atom is 0.241 e. The van der Waals surface area contributed by atoms with Crippen molar-refractivity contribution >= 4 is 11.7 Å².